The summed E-state index contributed by atoms with van der Waals surface area (Å²) in [5.41, 5.74) is 10.1. The number of allylic oxidation sites excluding steroid dienone is 4. The van der Waals surface area contributed by atoms with E-state index in [1.54, 1.807) is 28.2 Å². The highest BCUT2D eigenvalue weighted by atomic mass is 19.1. The molecule has 5 bridgehead atoms. The molecule has 0 spiro atoms. The molecule has 5 aliphatic heterocycles. The molecule has 10 N–H and O–H groups in total. The normalized spacial score (nSPS) is 29.0. The average Bonchev–Trinajstić information content (AvgIpc) is 4.46. The molecule has 9 atom stereocenters. The number of nitrogens with two attached hydrogens (primary N) is 2. The van der Waals surface area contributed by atoms with Crippen molar-refractivity contribution in [3.63, 3.8) is 0 Å². The third kappa shape index (κ3) is 10.5. The van der Waals surface area contributed by atoms with Gasteiger partial charge in [-0.15, -0.1) is 0 Å². The van der Waals surface area contributed by atoms with Gasteiger partial charge in [0.1, 0.15) is 40.2 Å². The van der Waals surface area contributed by atoms with Crippen LogP contribution in [0, 0.1) is 24.6 Å². The molecule has 1 amide bonds. The highest BCUT2D eigenvalue weighted by Gasteiger charge is 2.53. The molecule has 23 nitrogen and oxygen atoms in total. The van der Waals surface area contributed by atoms with Crippen molar-refractivity contribution in [2.45, 2.75) is 128 Å². The number of amides is 1. The molecule has 2 aromatic carbocycles. The maximum Gasteiger partial charge on any atom is 0.341 e. The van der Waals surface area contributed by atoms with Crippen LogP contribution in [0.1, 0.15) is 113 Å². The smallest absolute Gasteiger partial charge is 0.341 e. The minimum atomic E-state index is -2.20. The number of carboxylic acid groups (broad SMARTS) is 1. The number of likely N-dealkylation sites (tertiary alicyclic amines) is 1. The second kappa shape index (κ2) is 22.5. The van der Waals surface area contributed by atoms with Gasteiger partial charge in [-0.25, -0.2) is 9.18 Å². The Hall–Kier alpha value is -7.48. The van der Waals surface area contributed by atoms with Gasteiger partial charge in [0, 0.05) is 94.4 Å². The summed E-state index contributed by atoms with van der Waals surface area (Å²) >= 11 is 0. The predicted octanol–water partition coefficient (Wildman–Crippen LogP) is 2.78. The Morgan fingerprint density at radius 1 is 0.914 bits per heavy atom. The van der Waals surface area contributed by atoms with E-state index in [1.807, 2.05) is 0 Å². The van der Waals surface area contributed by atoms with E-state index >= 15 is 9.18 Å². The van der Waals surface area contributed by atoms with Crippen molar-refractivity contribution in [2.24, 2.45) is 23.3 Å². The van der Waals surface area contributed by atoms with E-state index in [9.17, 15) is 49.2 Å². The molecule has 3 fully saturated rings. The summed E-state index contributed by atoms with van der Waals surface area (Å²) in [5.74, 6) is -11.0. The second-order valence-electron chi connectivity index (χ2n) is 21.9. The van der Waals surface area contributed by atoms with Crippen LogP contribution in [0.3, 0.4) is 0 Å². The largest absolute Gasteiger partial charge is 0.507 e. The quantitative estimate of drug-likeness (QED) is 0.143. The molecule has 434 valence electrons. The van der Waals surface area contributed by atoms with Crippen LogP contribution in [0.2, 0.25) is 0 Å². The lowest BCUT2D eigenvalue weighted by Gasteiger charge is -2.45. The highest BCUT2D eigenvalue weighted by Crippen LogP contribution is 2.50. The number of halogens is 1. The molecule has 2 saturated heterocycles. The van der Waals surface area contributed by atoms with E-state index in [4.69, 9.17) is 35.2 Å². The zero-order valence-electron chi connectivity index (χ0n) is 46.1. The van der Waals surface area contributed by atoms with Crippen molar-refractivity contribution in [3.05, 3.63) is 104 Å². The van der Waals surface area contributed by atoms with Gasteiger partial charge >= 0.3 is 17.7 Å². The number of aromatic hydroxyl groups is 1. The Bertz CT molecular complexity index is 3320. The number of Topliss-reactive ketones (excluding diaryl/α,β-unsaturated/α-hetero) is 3. The summed E-state index contributed by atoms with van der Waals surface area (Å²) < 4.78 is 47.0. The lowest BCUT2D eigenvalue weighted by Crippen LogP contribution is -2.61. The topological polar surface area (TPSA) is 334 Å². The molecular weight excluding hydrogens is 1060 g/mol. The SMILES string of the molecule is COc1c(N2CC(NC3CCN(C4=C5NC(=O)/C(C)=C\C=C\[C@H](C)[C@H](O)[C@@H](N)[C@@H](O)[C@@H](N)[C@H](OC(C)=O)[C@H](C)[C@@H](OC)C=CO[C@@]6(C)Oc7c(C)c(O)c(c(c7C6=O)C4=O)C5=O)CC3)C2)c(F)cc2c(=O)c(C(=O)O)cn(C3CC3)c12. The Morgan fingerprint density at radius 3 is 2.21 bits per heavy atom. The molecule has 10 rings (SSSR count). The number of aromatic nitrogens is 1. The molecule has 0 radical (unpaired) electrons. The number of anilines is 1. The zero-order valence-corrected chi connectivity index (χ0v) is 46.1. The predicted molar refractivity (Wildman–Crippen MR) is 289 cm³/mol. The first-order valence-corrected chi connectivity index (χ1v) is 26.8. The van der Waals surface area contributed by atoms with Crippen LogP contribution in [0.25, 0.3) is 10.9 Å². The number of pyridine rings is 1. The molecular formula is C57H68FN7O16. The highest BCUT2D eigenvalue weighted by molar-refractivity contribution is 6.32. The van der Waals surface area contributed by atoms with E-state index in [2.05, 4.69) is 10.6 Å². The molecule has 7 aliphatic rings. The number of rotatable bonds is 9. The molecule has 0 unspecified atom stereocenters. The number of benzene rings is 2. The standard InChI is InChI=1S/C57H68FN7O16/c1-24-10-9-11-25(2)55(74)62-41-44(63-17-14-29(15-18-63)61-30-21-64(22-30)43-34(58)20-32-42(53(43)78-8)65(31-12-13-31)23-33(47(32)69)56(75)76)49(71)36-37(48(41)70)46(68)27(4)51-38(36)54(73)57(6,81-51)79-19-16-35(77-7)26(3)52(80-28(5)66)40(60)50(72)39(59)45(24)67/h9-11,16,19-20,23-24,26,29-31,35,39-40,45,50,52,61,67-68,72H,12-15,17-18,21-22,59-60H2,1-8H3,(H,62,74)(H,75,76)/b10-9+,19-16?,25-11-/t24-,26+,35-,39+,40+,45-,50+,52+,57-/m0/s1. The first-order valence-electron chi connectivity index (χ1n) is 26.8. The van der Waals surface area contributed by atoms with Crippen molar-refractivity contribution in [2.75, 3.05) is 45.3 Å². The van der Waals surface area contributed by atoms with Gasteiger partial charge in [-0.2, -0.15) is 0 Å². The van der Waals surface area contributed by atoms with Gasteiger partial charge in [0.15, 0.2) is 11.6 Å². The van der Waals surface area contributed by atoms with Gasteiger partial charge in [-0.1, -0.05) is 32.1 Å². The molecule has 1 saturated carbocycles. The van der Waals surface area contributed by atoms with Crippen LogP contribution in [0.4, 0.5) is 10.1 Å². The summed E-state index contributed by atoms with van der Waals surface area (Å²) in [6, 6.07) is -2.05. The maximum absolute atomic E-state index is 16.1. The van der Waals surface area contributed by atoms with Gasteiger partial charge in [0.25, 0.3) is 11.7 Å². The van der Waals surface area contributed by atoms with Crippen LogP contribution >= 0.6 is 0 Å². The number of ether oxygens (including phenoxy) is 5. The number of hydrogen-bond acceptors (Lipinski definition) is 20. The number of nitrogens with one attached hydrogen (secondary N) is 2. The average molecular weight is 1130 g/mol. The first-order chi connectivity index (χ1) is 38.3. The molecule has 1 aromatic heterocycles. The second-order valence-corrected chi connectivity index (χ2v) is 21.9. The summed E-state index contributed by atoms with van der Waals surface area (Å²) in [7, 11) is 2.72. The number of carbonyl (C=O) groups is 6. The van der Waals surface area contributed by atoms with Crippen LogP contribution in [0.15, 0.2) is 64.6 Å². The molecule has 6 heterocycles. The Balaban J connectivity index is 1.01. The molecule has 24 heteroatoms. The Labute approximate surface area is 464 Å². The number of carbonyl (C=O) groups excluding carboxylic acids is 5. The number of piperidine rings is 1. The molecule has 81 heavy (non-hydrogen) atoms. The third-order valence-corrected chi connectivity index (χ3v) is 16.4. The number of methoxy groups -OCH3 is 2. The number of phenols is 1. The fraction of sp³-hybridized carbons (Fsp3) is 0.491. The van der Waals surface area contributed by atoms with Crippen molar-refractivity contribution in [1.29, 1.82) is 0 Å². The number of fused-ring (bicyclic) bond motifs is 15. The number of aliphatic hydroxyl groups excluding tert-OH is 2. The van der Waals surface area contributed by atoms with Crippen molar-refractivity contribution in [3.8, 4) is 17.2 Å². The fourth-order valence-electron chi connectivity index (χ4n) is 11.6. The van der Waals surface area contributed by atoms with Gasteiger partial charge in [-0.05, 0) is 51.7 Å². The van der Waals surface area contributed by atoms with Crippen molar-refractivity contribution < 1.29 is 77.3 Å². The number of carboxylic acids is 1. The van der Waals surface area contributed by atoms with E-state index < -0.39 is 129 Å². The third-order valence-electron chi connectivity index (χ3n) is 16.4. The minimum absolute atomic E-state index is 0.0414. The zero-order chi connectivity index (χ0) is 58.8. The number of ketones is 3. The van der Waals surface area contributed by atoms with Gasteiger partial charge < -0.3 is 80.6 Å². The van der Waals surface area contributed by atoms with Gasteiger partial charge in [-0.3, -0.25) is 28.8 Å². The van der Waals surface area contributed by atoms with E-state index in [0.29, 0.717) is 31.4 Å². The van der Waals surface area contributed by atoms with Crippen LogP contribution in [-0.2, 0) is 23.8 Å². The van der Waals surface area contributed by atoms with Crippen LogP contribution < -0.4 is 41.9 Å². The van der Waals surface area contributed by atoms with Crippen LogP contribution in [-0.4, -0.2) is 160 Å². The summed E-state index contributed by atoms with van der Waals surface area (Å²) in [5, 5.41) is 50.4. The number of hydrogen-bond donors (Lipinski definition) is 8. The number of phenolic OH excluding ortho intramolecular Hbond substituents is 1. The Morgan fingerprint density at radius 2 is 1.59 bits per heavy atom. The number of esters is 1. The van der Waals surface area contributed by atoms with E-state index in [-0.39, 0.29) is 76.2 Å². The monoisotopic (exact) mass is 1130 g/mol. The minimum Gasteiger partial charge on any atom is -0.507 e. The molecule has 2 aliphatic carbocycles. The fourth-order valence-corrected chi connectivity index (χ4v) is 11.6. The summed E-state index contributed by atoms with van der Waals surface area (Å²) in [6.07, 6.45) is 5.17. The first kappa shape index (κ1) is 58.2. The number of nitrogens with zero attached hydrogens (tertiary/aromatic N) is 3. The Kier molecular flexibility index (Phi) is 16.1. The lowest BCUT2D eigenvalue weighted by atomic mass is 9.82. The summed E-state index contributed by atoms with van der Waals surface area (Å²) in [6.45, 7) is 9.48. The van der Waals surface area contributed by atoms with Crippen molar-refractivity contribution in [1.82, 2.24) is 20.1 Å². The van der Waals surface area contributed by atoms with Crippen LogP contribution in [0.5, 0.6) is 17.2 Å². The van der Waals surface area contributed by atoms with E-state index in [0.717, 1.165) is 32.1 Å². The lowest BCUT2D eigenvalue weighted by molar-refractivity contribution is -0.155. The molecule has 3 aromatic rings. The van der Waals surface area contributed by atoms with E-state index in [1.165, 1.54) is 65.5 Å². The number of aliphatic hydroxyl groups is 2. The van der Waals surface area contributed by atoms with Gasteiger partial charge in [0.2, 0.25) is 17.0 Å². The van der Waals surface area contributed by atoms with Crippen molar-refractivity contribution >= 4 is 51.8 Å². The maximum atomic E-state index is 16.1. The summed E-state index contributed by atoms with van der Waals surface area (Å²) in [4.78, 5) is 100. The number of aromatic carboxylic acids is 1. The van der Waals surface area contributed by atoms with Gasteiger partial charge in [0.05, 0.1) is 71.4 Å².